The first kappa shape index (κ1) is 29.9. The summed E-state index contributed by atoms with van der Waals surface area (Å²) in [5, 5.41) is 13.8. The second kappa shape index (κ2) is 11.4. The lowest BCUT2D eigenvalue weighted by molar-refractivity contribution is -0.152. The first-order chi connectivity index (χ1) is 21.6. The van der Waals surface area contributed by atoms with Gasteiger partial charge in [-0.25, -0.2) is 9.58 Å². The van der Waals surface area contributed by atoms with Crippen LogP contribution >= 0.6 is 0 Å². The Morgan fingerprint density at radius 3 is 2.11 bits per heavy atom. The Hall–Kier alpha value is -5.13. The summed E-state index contributed by atoms with van der Waals surface area (Å²) in [6, 6.07) is 23.0. The fourth-order valence-corrected chi connectivity index (χ4v) is 6.59. The summed E-state index contributed by atoms with van der Waals surface area (Å²) in [5.74, 6) is -5.53. The maximum Gasteiger partial charge on any atom is 0.327 e. The number of imide groups is 1. The third-order valence-corrected chi connectivity index (χ3v) is 8.92. The number of aliphatic carboxylic acids is 1. The number of ether oxygens (including phenoxy) is 1. The van der Waals surface area contributed by atoms with Gasteiger partial charge in [-0.3, -0.25) is 34.0 Å². The molecule has 0 bridgehead atoms. The van der Waals surface area contributed by atoms with E-state index in [1.807, 2.05) is 36.4 Å². The molecule has 2 aliphatic heterocycles. The maximum absolute atomic E-state index is 14.2. The number of benzene rings is 3. The average molecular weight is 609 g/mol. The average Bonchev–Trinajstić information content (AvgIpc) is 3.59. The number of ketones is 1. The number of carbonyl (C=O) groups is 4. The van der Waals surface area contributed by atoms with Crippen LogP contribution in [0.15, 0.2) is 89.7 Å². The largest absolute Gasteiger partial charge is 0.480 e. The summed E-state index contributed by atoms with van der Waals surface area (Å²) in [4.78, 5) is 68.6. The molecule has 4 aromatic rings. The molecule has 2 N–H and O–H groups in total. The number of hydrogen-bond acceptors (Lipinski definition) is 7. The minimum Gasteiger partial charge on any atom is -0.480 e. The second-order valence-electron chi connectivity index (χ2n) is 11.5. The summed E-state index contributed by atoms with van der Waals surface area (Å²) in [7, 11) is 1.71. The number of Topliss-reactive ketones (excluding diaryl/α,β-unsaturated/α-hetero) is 1. The highest BCUT2D eigenvalue weighted by Crippen LogP contribution is 2.50. The number of hydrogen-bond donors (Lipinski definition) is 2. The summed E-state index contributed by atoms with van der Waals surface area (Å²) in [5.41, 5.74) is 0.228. The molecule has 4 atom stereocenters. The standard InChI is InChI=1S/C34H32N4O7/c1-20-26(31(41)38(36(20)3)25-12-8-5-9-13-25)29-27-28(32(42)37(30(27)40)24-16-14-23(15-17-24)21(2)39)34(35-29,33(43)44)19-45-18-22-10-6-4-7-11-22/h4-17,27-29,35H,18-19H2,1-3H3,(H,43,44). The third kappa shape index (κ3) is 4.80. The van der Waals surface area contributed by atoms with Crippen molar-refractivity contribution in [3.05, 3.63) is 118 Å². The molecule has 3 heterocycles. The Balaban J connectivity index is 1.47. The molecule has 230 valence electrons. The van der Waals surface area contributed by atoms with Crippen molar-refractivity contribution in [1.29, 1.82) is 0 Å². The molecule has 45 heavy (non-hydrogen) atoms. The molecular weight excluding hydrogens is 576 g/mol. The number of carboxylic acid groups (broad SMARTS) is 1. The fourth-order valence-electron chi connectivity index (χ4n) is 6.59. The Morgan fingerprint density at radius 2 is 1.51 bits per heavy atom. The van der Waals surface area contributed by atoms with Gasteiger partial charge in [0.1, 0.15) is 0 Å². The van der Waals surface area contributed by atoms with E-state index < -0.39 is 53.4 Å². The number of amides is 2. The normalized spacial score (nSPS) is 22.6. The monoisotopic (exact) mass is 608 g/mol. The van der Waals surface area contributed by atoms with Crippen molar-refractivity contribution in [2.75, 3.05) is 11.5 Å². The quantitative estimate of drug-likeness (QED) is 0.218. The van der Waals surface area contributed by atoms with Crippen LogP contribution < -0.4 is 15.8 Å². The Morgan fingerprint density at radius 1 is 0.889 bits per heavy atom. The number of fused-ring (bicyclic) bond motifs is 1. The van der Waals surface area contributed by atoms with Gasteiger partial charge in [0.25, 0.3) is 5.56 Å². The van der Waals surface area contributed by atoms with Gasteiger partial charge in [0.05, 0.1) is 48.0 Å². The molecule has 2 fully saturated rings. The van der Waals surface area contributed by atoms with Gasteiger partial charge in [-0.05, 0) is 55.8 Å². The molecule has 11 nitrogen and oxygen atoms in total. The number of nitrogens with one attached hydrogen (secondary N) is 1. The van der Waals surface area contributed by atoms with Gasteiger partial charge in [-0.2, -0.15) is 0 Å². The number of carboxylic acids is 1. The molecule has 1 aromatic heterocycles. The molecule has 0 radical (unpaired) electrons. The lowest BCUT2D eigenvalue weighted by Crippen LogP contribution is -2.59. The van der Waals surface area contributed by atoms with Crippen LogP contribution in [0.4, 0.5) is 5.69 Å². The van der Waals surface area contributed by atoms with Crippen molar-refractivity contribution in [2.45, 2.75) is 32.0 Å². The molecule has 0 saturated carbocycles. The van der Waals surface area contributed by atoms with Crippen LogP contribution in [0.1, 0.15) is 40.1 Å². The molecule has 0 spiro atoms. The molecule has 11 heteroatoms. The summed E-state index contributed by atoms with van der Waals surface area (Å²) in [6.07, 6.45) is 0. The van der Waals surface area contributed by atoms with Crippen LogP contribution in [0.2, 0.25) is 0 Å². The summed E-state index contributed by atoms with van der Waals surface area (Å²) in [6.45, 7) is 2.76. The van der Waals surface area contributed by atoms with Crippen LogP contribution in [0.25, 0.3) is 5.69 Å². The van der Waals surface area contributed by atoms with E-state index in [1.165, 1.54) is 35.9 Å². The molecule has 2 aliphatic rings. The predicted molar refractivity (Wildman–Crippen MR) is 164 cm³/mol. The van der Waals surface area contributed by atoms with Gasteiger partial charge in [-0.15, -0.1) is 0 Å². The first-order valence-corrected chi connectivity index (χ1v) is 14.5. The number of aromatic nitrogens is 2. The third-order valence-electron chi connectivity index (χ3n) is 8.92. The molecule has 0 aliphatic carbocycles. The smallest absolute Gasteiger partial charge is 0.327 e. The zero-order valence-corrected chi connectivity index (χ0v) is 25.0. The highest BCUT2D eigenvalue weighted by Gasteiger charge is 2.69. The van der Waals surface area contributed by atoms with Gasteiger partial charge in [0.15, 0.2) is 11.3 Å². The van der Waals surface area contributed by atoms with Crippen LogP contribution in [-0.4, -0.2) is 50.2 Å². The first-order valence-electron chi connectivity index (χ1n) is 14.5. The van der Waals surface area contributed by atoms with Crippen molar-refractivity contribution in [3.63, 3.8) is 0 Å². The Bertz CT molecular complexity index is 1860. The number of carbonyl (C=O) groups excluding carboxylic acids is 3. The van der Waals surface area contributed by atoms with Gasteiger partial charge < -0.3 is 9.84 Å². The Labute approximate surface area is 258 Å². The van der Waals surface area contributed by atoms with E-state index in [-0.39, 0.29) is 23.6 Å². The maximum atomic E-state index is 14.2. The zero-order valence-electron chi connectivity index (χ0n) is 25.0. The lowest BCUT2D eigenvalue weighted by atomic mass is 9.79. The fraction of sp³-hybridized carbons (Fsp3) is 0.265. The van der Waals surface area contributed by atoms with E-state index in [2.05, 4.69) is 5.32 Å². The van der Waals surface area contributed by atoms with Crippen molar-refractivity contribution in [2.24, 2.45) is 18.9 Å². The van der Waals surface area contributed by atoms with Crippen molar-refractivity contribution >= 4 is 29.3 Å². The number of nitrogens with zero attached hydrogens (tertiary/aromatic N) is 3. The van der Waals surface area contributed by atoms with E-state index >= 15 is 0 Å². The van der Waals surface area contributed by atoms with Crippen LogP contribution in [0, 0.1) is 18.8 Å². The van der Waals surface area contributed by atoms with Crippen LogP contribution in [0.5, 0.6) is 0 Å². The topological polar surface area (TPSA) is 140 Å². The highest BCUT2D eigenvalue weighted by atomic mass is 16.5. The molecule has 2 saturated heterocycles. The SMILES string of the molecule is CC(=O)c1ccc(N2C(=O)C3C(c4c(C)n(C)n(-c5ccccc5)c4=O)NC(COCc4ccccc4)(C(=O)O)C3C2=O)cc1. The van der Waals surface area contributed by atoms with Gasteiger partial charge in [0, 0.05) is 18.3 Å². The lowest BCUT2D eigenvalue weighted by Gasteiger charge is -2.30. The van der Waals surface area contributed by atoms with Crippen LogP contribution in [0.3, 0.4) is 0 Å². The van der Waals surface area contributed by atoms with E-state index in [0.29, 0.717) is 16.9 Å². The van der Waals surface area contributed by atoms with E-state index in [1.54, 1.807) is 42.9 Å². The zero-order chi connectivity index (χ0) is 32.0. The summed E-state index contributed by atoms with van der Waals surface area (Å²) >= 11 is 0. The minimum atomic E-state index is -2.03. The molecule has 2 amide bonds. The molecule has 3 aromatic carbocycles. The molecule has 4 unspecified atom stereocenters. The van der Waals surface area contributed by atoms with Gasteiger partial charge >= 0.3 is 5.97 Å². The van der Waals surface area contributed by atoms with Crippen LogP contribution in [-0.2, 0) is 32.8 Å². The summed E-state index contributed by atoms with van der Waals surface area (Å²) < 4.78 is 9.04. The van der Waals surface area contributed by atoms with E-state index in [0.717, 1.165) is 10.5 Å². The van der Waals surface area contributed by atoms with Crippen molar-refractivity contribution < 1.29 is 29.0 Å². The van der Waals surface area contributed by atoms with Crippen molar-refractivity contribution in [3.8, 4) is 5.69 Å². The Kier molecular flexibility index (Phi) is 7.59. The number of anilines is 1. The number of rotatable bonds is 9. The second-order valence-corrected chi connectivity index (χ2v) is 11.5. The molecule has 6 rings (SSSR count). The minimum absolute atomic E-state index is 0.0726. The highest BCUT2D eigenvalue weighted by molar-refractivity contribution is 6.24. The molecular formula is C34H32N4O7. The van der Waals surface area contributed by atoms with E-state index in [9.17, 15) is 29.1 Å². The van der Waals surface area contributed by atoms with Crippen molar-refractivity contribution in [1.82, 2.24) is 14.7 Å². The van der Waals surface area contributed by atoms with Gasteiger partial charge in [0.2, 0.25) is 11.8 Å². The predicted octanol–water partition coefficient (Wildman–Crippen LogP) is 3.18. The van der Waals surface area contributed by atoms with Gasteiger partial charge in [-0.1, -0.05) is 48.5 Å². The number of para-hydroxylation sites is 1. The van der Waals surface area contributed by atoms with E-state index in [4.69, 9.17) is 4.74 Å².